The number of anilines is 1. The lowest BCUT2D eigenvalue weighted by Crippen LogP contribution is -2.47. The molecule has 10 nitrogen and oxygen atoms in total. The second-order valence-corrected chi connectivity index (χ2v) is 8.77. The summed E-state index contributed by atoms with van der Waals surface area (Å²) in [7, 11) is 1.75. The van der Waals surface area contributed by atoms with Crippen LogP contribution in [0, 0.1) is 0 Å². The molecule has 1 aliphatic rings. The summed E-state index contributed by atoms with van der Waals surface area (Å²) in [5, 5.41) is 5.64. The molecule has 36 heavy (non-hydrogen) atoms. The number of nitrogens with zero attached hydrogens (tertiary/aromatic N) is 7. The molecule has 0 bridgehead atoms. The van der Waals surface area contributed by atoms with Gasteiger partial charge in [-0.05, 0) is 36.8 Å². The SMILES string of the molecule is CCOC(=O)Cc1ccn(-c2cncc(-n3ncc4ccc(N5CCN(CCOC)CC5)cc43)n2)c1. The van der Waals surface area contributed by atoms with Gasteiger partial charge in [0, 0.05) is 63.3 Å². The summed E-state index contributed by atoms with van der Waals surface area (Å²) in [5.41, 5.74) is 3.02. The van der Waals surface area contributed by atoms with Gasteiger partial charge in [0.2, 0.25) is 0 Å². The number of carbonyl (C=O) groups is 1. The van der Waals surface area contributed by atoms with Crippen LogP contribution >= 0.6 is 0 Å². The highest BCUT2D eigenvalue weighted by molar-refractivity contribution is 5.83. The fourth-order valence-corrected chi connectivity index (χ4v) is 4.47. The van der Waals surface area contributed by atoms with Gasteiger partial charge in [-0.2, -0.15) is 5.10 Å². The van der Waals surface area contributed by atoms with Crippen LogP contribution in [0.25, 0.3) is 22.5 Å². The Bertz CT molecular complexity index is 1320. The van der Waals surface area contributed by atoms with E-state index in [4.69, 9.17) is 14.5 Å². The zero-order valence-corrected chi connectivity index (χ0v) is 20.7. The molecule has 0 spiro atoms. The third-order valence-electron chi connectivity index (χ3n) is 6.40. The average molecular weight is 490 g/mol. The molecule has 0 amide bonds. The van der Waals surface area contributed by atoms with Crippen LogP contribution in [0.5, 0.6) is 0 Å². The summed E-state index contributed by atoms with van der Waals surface area (Å²) in [6.45, 7) is 7.89. The molecule has 4 heterocycles. The number of aromatic nitrogens is 5. The van der Waals surface area contributed by atoms with Crippen molar-refractivity contribution >= 4 is 22.6 Å². The largest absolute Gasteiger partial charge is 0.466 e. The Labute approximate surface area is 210 Å². The quantitative estimate of drug-likeness (QED) is 0.331. The zero-order valence-electron chi connectivity index (χ0n) is 20.7. The van der Waals surface area contributed by atoms with Gasteiger partial charge in [-0.1, -0.05) is 0 Å². The van der Waals surface area contributed by atoms with E-state index in [9.17, 15) is 4.79 Å². The number of ether oxygens (including phenoxy) is 2. The van der Waals surface area contributed by atoms with Crippen molar-refractivity contribution in [3.8, 4) is 11.6 Å². The first-order chi connectivity index (χ1) is 17.6. The maximum Gasteiger partial charge on any atom is 0.310 e. The maximum absolute atomic E-state index is 11.8. The van der Waals surface area contributed by atoms with Crippen molar-refractivity contribution in [2.24, 2.45) is 0 Å². The first-order valence-electron chi connectivity index (χ1n) is 12.2. The van der Waals surface area contributed by atoms with E-state index in [2.05, 4.69) is 38.1 Å². The van der Waals surface area contributed by atoms with E-state index in [1.807, 2.05) is 33.9 Å². The van der Waals surface area contributed by atoms with Gasteiger partial charge in [0.15, 0.2) is 11.6 Å². The fourth-order valence-electron chi connectivity index (χ4n) is 4.47. The van der Waals surface area contributed by atoms with Crippen LogP contribution in [0.2, 0.25) is 0 Å². The fraction of sp³-hybridized carbons (Fsp3) is 0.385. The Kier molecular flexibility index (Phi) is 7.24. The number of carbonyl (C=O) groups excluding carboxylic acids is 1. The molecule has 0 aliphatic carbocycles. The molecular formula is C26H31N7O3. The number of fused-ring (bicyclic) bond motifs is 1. The van der Waals surface area contributed by atoms with Crippen LogP contribution in [-0.4, -0.2) is 88.2 Å². The summed E-state index contributed by atoms with van der Waals surface area (Å²) in [5.74, 6) is 1.03. The van der Waals surface area contributed by atoms with E-state index in [0.29, 0.717) is 18.2 Å². The summed E-state index contributed by atoms with van der Waals surface area (Å²) < 4.78 is 13.9. The number of hydrogen-bond acceptors (Lipinski definition) is 8. The molecule has 188 valence electrons. The van der Waals surface area contributed by atoms with Crippen LogP contribution in [0.15, 0.2) is 55.2 Å². The first-order valence-corrected chi connectivity index (χ1v) is 12.2. The molecular weight excluding hydrogens is 458 g/mol. The molecule has 0 radical (unpaired) electrons. The standard InChI is InChI=1S/C26H31N7O3/c1-3-36-26(34)14-20-6-7-32(19-20)24-17-27-18-25(29-24)33-23-15-22(5-4-21(23)16-28-33)31-10-8-30(9-11-31)12-13-35-2/h4-7,15-19H,3,8-14H2,1-2H3. The number of methoxy groups -OCH3 is 1. The van der Waals surface area contributed by atoms with Gasteiger partial charge < -0.3 is 18.9 Å². The van der Waals surface area contributed by atoms with Crippen molar-refractivity contribution < 1.29 is 14.3 Å². The molecule has 10 heteroatoms. The molecule has 1 fully saturated rings. The summed E-state index contributed by atoms with van der Waals surface area (Å²) in [6, 6.07) is 8.33. The molecule has 0 saturated carbocycles. The summed E-state index contributed by atoms with van der Waals surface area (Å²) >= 11 is 0. The summed E-state index contributed by atoms with van der Waals surface area (Å²) in [4.78, 5) is 25.9. The van der Waals surface area contributed by atoms with Crippen LogP contribution < -0.4 is 4.90 Å². The van der Waals surface area contributed by atoms with Crippen LogP contribution in [0.1, 0.15) is 12.5 Å². The molecule has 4 aromatic rings. The van der Waals surface area contributed by atoms with Gasteiger partial charge in [0.25, 0.3) is 0 Å². The van der Waals surface area contributed by atoms with E-state index in [0.717, 1.165) is 55.8 Å². The lowest BCUT2D eigenvalue weighted by molar-refractivity contribution is -0.142. The van der Waals surface area contributed by atoms with Gasteiger partial charge >= 0.3 is 5.97 Å². The van der Waals surface area contributed by atoms with Crippen molar-refractivity contribution in [3.63, 3.8) is 0 Å². The number of piperazine rings is 1. The molecule has 0 atom stereocenters. The lowest BCUT2D eigenvalue weighted by atomic mass is 10.2. The van der Waals surface area contributed by atoms with Crippen molar-refractivity contribution in [1.29, 1.82) is 0 Å². The number of esters is 1. The minimum absolute atomic E-state index is 0.223. The van der Waals surface area contributed by atoms with Gasteiger partial charge in [-0.25, -0.2) is 9.67 Å². The van der Waals surface area contributed by atoms with Gasteiger partial charge in [0.05, 0.1) is 43.7 Å². The minimum atomic E-state index is -0.245. The molecule has 1 aliphatic heterocycles. The Balaban J connectivity index is 1.36. The Morgan fingerprint density at radius 1 is 1.06 bits per heavy atom. The molecule has 1 saturated heterocycles. The smallest absolute Gasteiger partial charge is 0.310 e. The van der Waals surface area contributed by atoms with Crippen molar-refractivity contribution in [3.05, 3.63) is 60.8 Å². The van der Waals surface area contributed by atoms with Crippen molar-refractivity contribution in [2.75, 3.05) is 57.9 Å². The zero-order chi connectivity index (χ0) is 24.9. The molecule has 1 aromatic carbocycles. The Morgan fingerprint density at radius 2 is 1.89 bits per heavy atom. The average Bonchev–Trinajstić information content (AvgIpc) is 3.55. The topological polar surface area (TPSA) is 90.5 Å². The maximum atomic E-state index is 11.8. The van der Waals surface area contributed by atoms with E-state index in [1.165, 1.54) is 5.69 Å². The highest BCUT2D eigenvalue weighted by Gasteiger charge is 2.18. The highest BCUT2D eigenvalue weighted by Crippen LogP contribution is 2.25. The second kappa shape index (κ2) is 10.9. The number of benzene rings is 1. The van der Waals surface area contributed by atoms with Crippen LogP contribution in [0.3, 0.4) is 0 Å². The van der Waals surface area contributed by atoms with Gasteiger partial charge in [-0.15, -0.1) is 0 Å². The third kappa shape index (κ3) is 5.24. The van der Waals surface area contributed by atoms with Crippen molar-refractivity contribution in [2.45, 2.75) is 13.3 Å². The Hall–Kier alpha value is -3.76. The third-order valence-corrected chi connectivity index (χ3v) is 6.40. The monoisotopic (exact) mass is 489 g/mol. The van der Waals surface area contributed by atoms with E-state index >= 15 is 0 Å². The van der Waals surface area contributed by atoms with Crippen molar-refractivity contribution in [1.82, 2.24) is 29.2 Å². The van der Waals surface area contributed by atoms with E-state index < -0.39 is 0 Å². The van der Waals surface area contributed by atoms with Gasteiger partial charge in [0.1, 0.15) is 0 Å². The molecule has 5 rings (SSSR count). The lowest BCUT2D eigenvalue weighted by Gasteiger charge is -2.36. The molecule has 3 aromatic heterocycles. The van der Waals surface area contributed by atoms with E-state index in [1.54, 1.807) is 26.4 Å². The first kappa shape index (κ1) is 24.0. The van der Waals surface area contributed by atoms with Crippen LogP contribution in [0.4, 0.5) is 5.69 Å². The predicted molar refractivity (Wildman–Crippen MR) is 137 cm³/mol. The number of rotatable bonds is 9. The Morgan fingerprint density at radius 3 is 2.69 bits per heavy atom. The molecule has 0 N–H and O–H groups in total. The predicted octanol–water partition coefficient (Wildman–Crippen LogP) is 2.48. The number of hydrogen-bond donors (Lipinski definition) is 0. The highest BCUT2D eigenvalue weighted by atomic mass is 16.5. The van der Waals surface area contributed by atoms with Crippen LogP contribution in [-0.2, 0) is 20.7 Å². The van der Waals surface area contributed by atoms with Gasteiger partial charge in [-0.3, -0.25) is 14.7 Å². The molecule has 0 unspecified atom stereocenters. The summed E-state index contributed by atoms with van der Waals surface area (Å²) in [6.07, 6.45) is 9.21. The van der Waals surface area contributed by atoms with E-state index in [-0.39, 0.29) is 12.4 Å². The normalized spacial score (nSPS) is 14.4. The second-order valence-electron chi connectivity index (χ2n) is 8.77. The minimum Gasteiger partial charge on any atom is -0.466 e.